The number of furan rings is 2. The third-order valence-corrected chi connectivity index (χ3v) is 7.27. The highest BCUT2D eigenvalue weighted by atomic mass is 16.3. The summed E-state index contributed by atoms with van der Waals surface area (Å²) in [5, 5.41) is 2.31. The molecule has 0 amide bonds. The fourth-order valence-electron chi connectivity index (χ4n) is 5.67. The van der Waals surface area contributed by atoms with Crippen LogP contribution in [0.5, 0.6) is 0 Å². The van der Waals surface area contributed by atoms with Crippen molar-refractivity contribution in [2.24, 2.45) is 11.8 Å². The lowest BCUT2D eigenvalue weighted by Gasteiger charge is -2.49. The van der Waals surface area contributed by atoms with Gasteiger partial charge in [0.05, 0.1) is 13.1 Å². The maximum Gasteiger partial charge on any atom is 0.134 e. The number of hydrogen-bond acceptors (Lipinski definition) is 4. The van der Waals surface area contributed by atoms with Gasteiger partial charge in [-0.3, -0.25) is 9.80 Å². The van der Waals surface area contributed by atoms with E-state index in [4.69, 9.17) is 15.3 Å². The maximum absolute atomic E-state index is 6.17. The van der Waals surface area contributed by atoms with Crippen molar-refractivity contribution in [1.29, 1.82) is 0 Å². The highest BCUT2D eigenvalue weighted by molar-refractivity contribution is 5.78. The molecule has 2 aromatic carbocycles. The predicted octanol–water partition coefficient (Wildman–Crippen LogP) is 5.52. The van der Waals surface area contributed by atoms with Gasteiger partial charge in [-0.25, -0.2) is 0 Å². The van der Waals surface area contributed by atoms with E-state index in [1.165, 1.54) is 12.8 Å². The molecule has 2 aromatic heterocycles. The topological polar surface area (TPSA) is 32.8 Å². The Morgan fingerprint density at radius 3 is 2.09 bits per heavy atom. The van der Waals surface area contributed by atoms with Gasteiger partial charge in [-0.1, -0.05) is 36.4 Å². The van der Waals surface area contributed by atoms with Crippen molar-refractivity contribution < 1.29 is 8.83 Å². The zero-order chi connectivity index (χ0) is 21.5. The second-order valence-electron chi connectivity index (χ2n) is 9.38. The highest BCUT2D eigenvalue weighted by Crippen LogP contribution is 2.36. The number of para-hydroxylation sites is 2. The van der Waals surface area contributed by atoms with Crippen molar-refractivity contribution in [3.8, 4) is 12.3 Å². The van der Waals surface area contributed by atoms with E-state index in [1.807, 2.05) is 24.3 Å². The molecular formula is C28H28N2O2. The smallest absolute Gasteiger partial charge is 0.134 e. The standard InChI is InChI=1S/C28H28N2O2/c1-2-20-16-30-12-11-21(20)13-24(30)17-29(18-25-14-22-7-3-5-9-27(22)31-25)19-26-15-23-8-4-6-10-28(23)32-26/h1,3-10,14-15,20-21,24H,11-13,16-19H2/t20-,21+,24-/m1/s1. The molecule has 4 atom stereocenters. The Morgan fingerprint density at radius 1 is 0.938 bits per heavy atom. The molecule has 0 aliphatic carbocycles. The van der Waals surface area contributed by atoms with Crippen LogP contribution in [0.1, 0.15) is 24.4 Å². The van der Waals surface area contributed by atoms with Gasteiger partial charge in [-0.15, -0.1) is 12.3 Å². The minimum absolute atomic E-state index is 0.416. The summed E-state index contributed by atoms with van der Waals surface area (Å²) in [7, 11) is 0. The van der Waals surface area contributed by atoms with Gasteiger partial charge in [0, 0.05) is 35.8 Å². The highest BCUT2D eigenvalue weighted by Gasteiger charge is 2.39. The van der Waals surface area contributed by atoms with E-state index < -0.39 is 0 Å². The number of terminal acetylenes is 1. The van der Waals surface area contributed by atoms with Gasteiger partial charge in [0.15, 0.2) is 0 Å². The number of piperidine rings is 3. The molecule has 4 nitrogen and oxygen atoms in total. The van der Waals surface area contributed by atoms with Gasteiger partial charge >= 0.3 is 0 Å². The molecule has 0 N–H and O–H groups in total. The molecular weight excluding hydrogens is 396 g/mol. The third-order valence-electron chi connectivity index (χ3n) is 7.27. The molecule has 4 aromatic rings. The van der Waals surface area contributed by atoms with Gasteiger partial charge in [-0.2, -0.15) is 0 Å². The van der Waals surface area contributed by atoms with Crippen molar-refractivity contribution >= 4 is 21.9 Å². The minimum Gasteiger partial charge on any atom is -0.460 e. The molecule has 162 valence electrons. The number of benzene rings is 2. The summed E-state index contributed by atoms with van der Waals surface area (Å²) in [4.78, 5) is 5.08. The van der Waals surface area contributed by atoms with E-state index in [0.717, 1.165) is 66.2 Å². The molecule has 2 bridgehead atoms. The fraction of sp³-hybridized carbons (Fsp3) is 0.357. The largest absolute Gasteiger partial charge is 0.460 e. The third kappa shape index (κ3) is 3.72. The van der Waals surface area contributed by atoms with Crippen LogP contribution in [0, 0.1) is 24.2 Å². The normalized spacial score (nSPS) is 25.0. The second-order valence-corrected chi connectivity index (χ2v) is 9.38. The Hall–Kier alpha value is -3.00. The molecule has 5 heterocycles. The van der Waals surface area contributed by atoms with Gasteiger partial charge in [0.2, 0.25) is 0 Å². The van der Waals surface area contributed by atoms with E-state index in [2.05, 4.69) is 52.1 Å². The summed E-state index contributed by atoms with van der Waals surface area (Å²) in [5.74, 6) is 6.11. The molecule has 4 heteroatoms. The van der Waals surface area contributed by atoms with Crippen molar-refractivity contribution in [3.05, 3.63) is 72.2 Å². The zero-order valence-electron chi connectivity index (χ0n) is 18.2. The first-order chi connectivity index (χ1) is 15.7. The van der Waals surface area contributed by atoms with Crippen LogP contribution in [-0.2, 0) is 13.1 Å². The van der Waals surface area contributed by atoms with Crippen LogP contribution >= 0.6 is 0 Å². The van der Waals surface area contributed by atoms with Gasteiger partial charge < -0.3 is 8.83 Å². The lowest BCUT2D eigenvalue weighted by atomic mass is 9.76. The van der Waals surface area contributed by atoms with Crippen molar-refractivity contribution in [3.63, 3.8) is 0 Å². The molecule has 32 heavy (non-hydrogen) atoms. The van der Waals surface area contributed by atoms with Gasteiger partial charge in [-0.05, 0) is 49.6 Å². The van der Waals surface area contributed by atoms with Crippen LogP contribution in [0.3, 0.4) is 0 Å². The molecule has 3 aliphatic heterocycles. The van der Waals surface area contributed by atoms with Crippen LogP contribution in [0.25, 0.3) is 21.9 Å². The molecule has 1 unspecified atom stereocenters. The number of rotatable bonds is 6. The van der Waals surface area contributed by atoms with E-state index in [0.29, 0.717) is 17.9 Å². The van der Waals surface area contributed by atoms with E-state index in [1.54, 1.807) is 0 Å². The first-order valence-corrected chi connectivity index (χ1v) is 11.6. The SMILES string of the molecule is C#C[C@@H]1CN2CC[C@H]1C[C@@H]2CN(Cc1cc2ccccc2o1)Cc1cc2ccccc2o1. The molecule has 0 radical (unpaired) electrons. The Balaban J connectivity index is 1.25. The van der Waals surface area contributed by atoms with Crippen LogP contribution < -0.4 is 0 Å². The minimum atomic E-state index is 0.416. The average Bonchev–Trinajstić information content (AvgIpc) is 3.42. The number of nitrogens with zero attached hydrogens (tertiary/aromatic N) is 2. The number of hydrogen-bond donors (Lipinski definition) is 0. The molecule has 7 rings (SSSR count). The van der Waals surface area contributed by atoms with Crippen molar-refractivity contribution in [2.45, 2.75) is 32.0 Å². The Bertz CT molecular complexity index is 1140. The van der Waals surface area contributed by atoms with Crippen LogP contribution in [0.4, 0.5) is 0 Å². The zero-order valence-corrected chi connectivity index (χ0v) is 18.2. The summed E-state index contributed by atoms with van der Waals surface area (Å²) in [5.41, 5.74) is 1.90. The Kier molecular flexibility index (Phi) is 5.02. The quantitative estimate of drug-likeness (QED) is 0.381. The Labute approximate surface area is 188 Å². The Morgan fingerprint density at radius 2 is 1.56 bits per heavy atom. The lowest BCUT2D eigenvalue weighted by Crippen LogP contribution is -2.56. The summed E-state index contributed by atoms with van der Waals surface area (Å²) < 4.78 is 12.3. The summed E-state index contributed by atoms with van der Waals surface area (Å²) in [6.07, 6.45) is 8.22. The van der Waals surface area contributed by atoms with E-state index >= 15 is 0 Å². The van der Waals surface area contributed by atoms with E-state index in [-0.39, 0.29) is 0 Å². The van der Waals surface area contributed by atoms with Crippen molar-refractivity contribution in [1.82, 2.24) is 9.80 Å². The molecule has 0 spiro atoms. The van der Waals surface area contributed by atoms with E-state index in [9.17, 15) is 0 Å². The first kappa shape index (κ1) is 19.7. The van der Waals surface area contributed by atoms with Crippen LogP contribution in [-0.4, -0.2) is 35.5 Å². The second kappa shape index (κ2) is 8.16. The van der Waals surface area contributed by atoms with Crippen LogP contribution in [0.15, 0.2) is 69.5 Å². The summed E-state index contributed by atoms with van der Waals surface area (Å²) in [6, 6.07) is 21.3. The summed E-state index contributed by atoms with van der Waals surface area (Å²) >= 11 is 0. The molecule has 3 aliphatic rings. The molecule has 0 saturated carbocycles. The molecule has 3 fully saturated rings. The predicted molar refractivity (Wildman–Crippen MR) is 127 cm³/mol. The first-order valence-electron chi connectivity index (χ1n) is 11.6. The molecule has 3 saturated heterocycles. The summed E-state index contributed by atoms with van der Waals surface area (Å²) in [6.45, 7) is 4.71. The van der Waals surface area contributed by atoms with Gasteiger partial charge in [0.1, 0.15) is 22.7 Å². The number of fused-ring (bicyclic) bond motifs is 5. The van der Waals surface area contributed by atoms with Gasteiger partial charge in [0.25, 0.3) is 0 Å². The average molecular weight is 425 g/mol. The monoisotopic (exact) mass is 424 g/mol. The fourth-order valence-corrected chi connectivity index (χ4v) is 5.67. The van der Waals surface area contributed by atoms with Crippen LogP contribution in [0.2, 0.25) is 0 Å². The lowest BCUT2D eigenvalue weighted by molar-refractivity contribution is 0.00118. The van der Waals surface area contributed by atoms with Crippen molar-refractivity contribution in [2.75, 3.05) is 19.6 Å². The maximum atomic E-state index is 6.17.